The Morgan fingerprint density at radius 1 is 1.00 bits per heavy atom. The van der Waals surface area contributed by atoms with Gasteiger partial charge >= 0.3 is 0 Å². The molecule has 0 bridgehead atoms. The van der Waals surface area contributed by atoms with Crippen LogP contribution in [0.15, 0.2) is 53.4 Å². The number of thioether (sulfide) groups is 1. The van der Waals surface area contributed by atoms with E-state index in [9.17, 15) is 0 Å². The number of benzene rings is 2. The molecule has 0 heterocycles. The van der Waals surface area contributed by atoms with Crippen molar-refractivity contribution in [2.75, 3.05) is 11.1 Å². The Kier molecular flexibility index (Phi) is 3.79. The monoisotopic (exact) mass is 269 g/mol. The molecular formula is C17H19NS. The molecule has 0 atom stereocenters. The second-order valence-electron chi connectivity index (χ2n) is 4.95. The van der Waals surface area contributed by atoms with Crippen LogP contribution < -0.4 is 5.32 Å². The van der Waals surface area contributed by atoms with Crippen molar-refractivity contribution < 1.29 is 0 Å². The number of anilines is 1. The van der Waals surface area contributed by atoms with Gasteiger partial charge < -0.3 is 5.32 Å². The lowest BCUT2D eigenvalue weighted by molar-refractivity contribution is 0.771. The zero-order valence-corrected chi connectivity index (χ0v) is 12.0. The van der Waals surface area contributed by atoms with E-state index in [4.69, 9.17) is 0 Å². The molecule has 1 N–H and O–H groups in total. The first-order valence-corrected chi connectivity index (χ1v) is 7.90. The van der Waals surface area contributed by atoms with Crippen molar-refractivity contribution in [3.05, 3.63) is 59.7 Å². The molecule has 2 aromatic rings. The maximum Gasteiger partial charge on any atom is 0.0480 e. The highest BCUT2D eigenvalue weighted by molar-refractivity contribution is 7.99. The predicted octanol–water partition coefficient (Wildman–Crippen LogP) is 4.38. The van der Waals surface area contributed by atoms with Crippen LogP contribution >= 0.6 is 11.8 Å². The van der Waals surface area contributed by atoms with E-state index >= 15 is 0 Å². The number of para-hydroxylation sites is 1. The molecule has 0 aliphatic heterocycles. The van der Waals surface area contributed by atoms with Gasteiger partial charge in [0, 0.05) is 16.6 Å². The van der Waals surface area contributed by atoms with Gasteiger partial charge in [-0.3, -0.25) is 0 Å². The Labute approximate surface area is 119 Å². The third-order valence-electron chi connectivity index (χ3n) is 3.60. The van der Waals surface area contributed by atoms with Crippen LogP contribution in [0.3, 0.4) is 0 Å². The molecule has 0 fully saturated rings. The van der Waals surface area contributed by atoms with Crippen LogP contribution in [-0.4, -0.2) is 11.8 Å². The summed E-state index contributed by atoms with van der Waals surface area (Å²) in [4.78, 5) is 1.36. The molecule has 98 valence electrons. The summed E-state index contributed by atoms with van der Waals surface area (Å²) in [5.41, 5.74) is 4.29. The molecule has 1 aliphatic carbocycles. The molecule has 0 saturated heterocycles. The van der Waals surface area contributed by atoms with Gasteiger partial charge in [0.25, 0.3) is 0 Å². The Morgan fingerprint density at radius 2 is 1.63 bits per heavy atom. The van der Waals surface area contributed by atoms with Gasteiger partial charge in [-0.25, -0.2) is 0 Å². The number of nitrogens with one attached hydrogen (secondary N) is 1. The van der Waals surface area contributed by atoms with Gasteiger partial charge in [-0.2, -0.15) is 0 Å². The highest BCUT2D eigenvalue weighted by atomic mass is 32.2. The van der Waals surface area contributed by atoms with Crippen molar-refractivity contribution in [1.29, 1.82) is 0 Å². The molecule has 0 saturated carbocycles. The summed E-state index contributed by atoms with van der Waals surface area (Å²) < 4.78 is 0. The average molecular weight is 269 g/mol. The van der Waals surface area contributed by atoms with Gasteiger partial charge in [0.2, 0.25) is 0 Å². The van der Waals surface area contributed by atoms with E-state index < -0.39 is 0 Å². The zero-order chi connectivity index (χ0) is 13.1. The minimum absolute atomic E-state index is 0.538. The average Bonchev–Trinajstić information content (AvgIpc) is 2.83. The minimum Gasteiger partial charge on any atom is -0.381 e. The largest absolute Gasteiger partial charge is 0.381 e. The molecule has 3 rings (SSSR count). The van der Waals surface area contributed by atoms with Crippen molar-refractivity contribution in [2.45, 2.75) is 30.7 Å². The lowest BCUT2D eigenvalue weighted by Crippen LogP contribution is -2.19. The Balaban J connectivity index is 1.74. The normalized spacial score (nSPS) is 14.4. The van der Waals surface area contributed by atoms with Gasteiger partial charge in [-0.15, -0.1) is 11.8 Å². The summed E-state index contributed by atoms with van der Waals surface area (Å²) in [5.74, 6) is 1.11. The van der Waals surface area contributed by atoms with Gasteiger partial charge in [0.1, 0.15) is 0 Å². The van der Waals surface area contributed by atoms with E-state index in [0.717, 1.165) is 18.6 Å². The van der Waals surface area contributed by atoms with Crippen LogP contribution in [0.4, 0.5) is 5.69 Å². The lowest BCUT2D eigenvalue weighted by Gasteiger charge is -2.16. The van der Waals surface area contributed by atoms with Crippen molar-refractivity contribution in [3.63, 3.8) is 0 Å². The summed E-state index contributed by atoms with van der Waals surface area (Å²) >= 11 is 1.91. The Bertz CT molecular complexity index is 540. The van der Waals surface area contributed by atoms with E-state index in [1.54, 1.807) is 0 Å². The number of rotatable bonds is 4. The van der Waals surface area contributed by atoms with E-state index in [0.29, 0.717) is 6.04 Å². The second kappa shape index (κ2) is 5.70. The molecule has 0 spiro atoms. The molecule has 0 amide bonds. The molecule has 1 nitrogen and oxygen atoms in total. The predicted molar refractivity (Wildman–Crippen MR) is 84.1 cm³/mol. The van der Waals surface area contributed by atoms with Crippen LogP contribution in [0.5, 0.6) is 0 Å². The Morgan fingerprint density at radius 3 is 2.32 bits per heavy atom. The van der Waals surface area contributed by atoms with Crippen LogP contribution in [0.1, 0.15) is 18.1 Å². The number of hydrogen-bond donors (Lipinski definition) is 1. The fourth-order valence-electron chi connectivity index (χ4n) is 2.75. The summed E-state index contributed by atoms with van der Waals surface area (Å²) in [6.45, 7) is 2.20. The third-order valence-corrected chi connectivity index (χ3v) is 4.55. The molecular weight excluding hydrogens is 250 g/mol. The molecule has 0 aromatic heterocycles. The summed E-state index contributed by atoms with van der Waals surface area (Å²) in [6.07, 6.45) is 2.28. The quantitative estimate of drug-likeness (QED) is 0.827. The smallest absolute Gasteiger partial charge is 0.0480 e. The maximum absolute atomic E-state index is 3.72. The highest BCUT2D eigenvalue weighted by Crippen LogP contribution is 2.30. The van der Waals surface area contributed by atoms with E-state index in [1.807, 2.05) is 11.8 Å². The second-order valence-corrected chi connectivity index (χ2v) is 6.25. The third kappa shape index (κ3) is 2.79. The van der Waals surface area contributed by atoms with Gasteiger partial charge in [-0.05, 0) is 41.9 Å². The molecule has 19 heavy (non-hydrogen) atoms. The first-order chi connectivity index (χ1) is 9.36. The lowest BCUT2D eigenvalue weighted by atomic mass is 10.1. The topological polar surface area (TPSA) is 12.0 Å². The van der Waals surface area contributed by atoms with Gasteiger partial charge in [-0.1, -0.05) is 43.3 Å². The summed E-state index contributed by atoms with van der Waals surface area (Å²) in [6, 6.07) is 18.0. The van der Waals surface area contributed by atoms with Crippen LogP contribution in [0.2, 0.25) is 0 Å². The van der Waals surface area contributed by atoms with E-state index in [1.165, 1.54) is 21.7 Å². The minimum atomic E-state index is 0.538. The highest BCUT2D eigenvalue weighted by Gasteiger charge is 2.21. The van der Waals surface area contributed by atoms with E-state index in [2.05, 4.69) is 60.8 Å². The summed E-state index contributed by atoms with van der Waals surface area (Å²) in [7, 11) is 0. The molecule has 0 unspecified atom stereocenters. The van der Waals surface area contributed by atoms with Gasteiger partial charge in [0.05, 0.1) is 0 Å². The summed E-state index contributed by atoms with van der Waals surface area (Å²) in [5, 5.41) is 3.72. The first-order valence-electron chi connectivity index (χ1n) is 6.92. The van der Waals surface area contributed by atoms with E-state index in [-0.39, 0.29) is 0 Å². The SMILES string of the molecule is CCSc1ccccc1NC1Cc2ccccc2C1. The Hall–Kier alpha value is -1.41. The van der Waals surface area contributed by atoms with Crippen molar-refractivity contribution in [2.24, 2.45) is 0 Å². The molecule has 0 radical (unpaired) electrons. The maximum atomic E-state index is 3.72. The zero-order valence-electron chi connectivity index (χ0n) is 11.2. The van der Waals surface area contributed by atoms with Crippen LogP contribution in [0, 0.1) is 0 Å². The van der Waals surface area contributed by atoms with Crippen LogP contribution in [0.25, 0.3) is 0 Å². The molecule has 2 heteroatoms. The molecule has 2 aromatic carbocycles. The first kappa shape index (κ1) is 12.6. The fourth-order valence-corrected chi connectivity index (χ4v) is 3.52. The molecule has 1 aliphatic rings. The van der Waals surface area contributed by atoms with Crippen LogP contribution in [-0.2, 0) is 12.8 Å². The van der Waals surface area contributed by atoms with Crippen molar-refractivity contribution in [3.8, 4) is 0 Å². The van der Waals surface area contributed by atoms with Gasteiger partial charge in [0.15, 0.2) is 0 Å². The standard InChI is InChI=1S/C17H19NS/c1-2-19-17-10-6-5-9-16(17)18-15-11-13-7-3-4-8-14(13)12-15/h3-10,15,18H,2,11-12H2,1H3. The van der Waals surface area contributed by atoms with Crippen molar-refractivity contribution in [1.82, 2.24) is 0 Å². The number of fused-ring (bicyclic) bond motifs is 1. The van der Waals surface area contributed by atoms with Crippen molar-refractivity contribution >= 4 is 17.4 Å². The number of hydrogen-bond acceptors (Lipinski definition) is 2. The fraction of sp³-hybridized carbons (Fsp3) is 0.294.